The fourth-order valence-electron chi connectivity index (χ4n) is 3.65. The zero-order valence-electron chi connectivity index (χ0n) is 13.9. The van der Waals surface area contributed by atoms with Crippen molar-refractivity contribution in [2.45, 2.75) is 18.6 Å². The molecule has 0 aromatic carbocycles. The lowest BCUT2D eigenvalue weighted by molar-refractivity contribution is 0.0381. The zero-order chi connectivity index (χ0) is 17.6. The van der Waals surface area contributed by atoms with Crippen LogP contribution in [0.3, 0.4) is 0 Å². The number of sulfone groups is 1. The molecule has 134 valence electrons. The smallest absolute Gasteiger partial charge is 0.289 e. The second-order valence-electron chi connectivity index (χ2n) is 6.66. The van der Waals surface area contributed by atoms with Crippen LogP contribution in [0.4, 0.5) is 0 Å². The van der Waals surface area contributed by atoms with Crippen LogP contribution in [-0.2, 0) is 16.4 Å². The van der Waals surface area contributed by atoms with E-state index in [0.29, 0.717) is 25.4 Å². The van der Waals surface area contributed by atoms with Crippen molar-refractivity contribution in [2.24, 2.45) is 0 Å². The van der Waals surface area contributed by atoms with Crippen LogP contribution in [0, 0.1) is 0 Å². The number of furan rings is 1. The van der Waals surface area contributed by atoms with Crippen LogP contribution in [-0.4, -0.2) is 77.6 Å². The lowest BCUT2D eigenvalue weighted by Gasteiger charge is -2.41. The third-order valence-electron chi connectivity index (χ3n) is 4.96. The molecule has 2 aliphatic rings. The van der Waals surface area contributed by atoms with Gasteiger partial charge in [-0.05, 0) is 25.2 Å². The second-order valence-corrected chi connectivity index (χ2v) is 8.81. The van der Waals surface area contributed by atoms with Crippen molar-refractivity contribution in [1.82, 2.24) is 19.6 Å². The molecule has 0 unspecified atom stereocenters. The minimum atomic E-state index is -3.12. The summed E-state index contributed by atoms with van der Waals surface area (Å²) in [6, 6.07) is 4.78. The number of rotatable bonds is 3. The lowest BCUT2D eigenvalue weighted by Crippen LogP contribution is -2.59. The molecule has 4 heterocycles. The Labute approximate surface area is 145 Å². The molecule has 9 heteroatoms. The summed E-state index contributed by atoms with van der Waals surface area (Å²) >= 11 is 0. The fraction of sp³-hybridized carbons (Fsp3) is 0.500. The molecule has 0 bridgehead atoms. The Kier molecular flexibility index (Phi) is 3.92. The molecule has 2 aromatic heterocycles. The van der Waals surface area contributed by atoms with E-state index in [1.165, 1.54) is 0 Å². The topological polar surface area (TPSA) is 88.7 Å². The number of hydrogen-bond donors (Lipinski definition) is 0. The third kappa shape index (κ3) is 3.09. The Morgan fingerprint density at radius 3 is 2.84 bits per heavy atom. The number of carbonyl (C=O) groups excluding carboxylic acids is 1. The van der Waals surface area contributed by atoms with Gasteiger partial charge in [-0.1, -0.05) is 0 Å². The first-order chi connectivity index (χ1) is 11.9. The molecule has 2 saturated heterocycles. The minimum Gasteiger partial charge on any atom is -0.454 e. The van der Waals surface area contributed by atoms with Gasteiger partial charge in [-0.2, -0.15) is 5.10 Å². The number of amides is 1. The predicted octanol–water partition coefficient (Wildman–Crippen LogP) is 0.0776. The number of piperazine rings is 1. The van der Waals surface area contributed by atoms with E-state index in [1.807, 2.05) is 24.2 Å². The van der Waals surface area contributed by atoms with Gasteiger partial charge in [0.05, 0.1) is 24.1 Å². The van der Waals surface area contributed by atoms with E-state index in [-0.39, 0.29) is 35.3 Å². The van der Waals surface area contributed by atoms with Gasteiger partial charge >= 0.3 is 0 Å². The first kappa shape index (κ1) is 16.3. The van der Waals surface area contributed by atoms with Gasteiger partial charge in [0.2, 0.25) is 0 Å². The molecule has 2 fully saturated rings. The minimum absolute atomic E-state index is 0.0224. The fourth-order valence-corrected chi connectivity index (χ4v) is 5.71. The SMILES string of the molecule is CN1CCN(C(=O)c2ccc(Cn3cccn3)o2)[C@@H]2CS(=O)(=O)C[C@@H]21. The molecule has 2 aliphatic heterocycles. The van der Waals surface area contributed by atoms with Crippen LogP contribution in [0.25, 0.3) is 0 Å². The van der Waals surface area contributed by atoms with Gasteiger partial charge in [0.25, 0.3) is 5.91 Å². The van der Waals surface area contributed by atoms with E-state index >= 15 is 0 Å². The largest absolute Gasteiger partial charge is 0.454 e. The highest BCUT2D eigenvalue weighted by Gasteiger charge is 2.47. The van der Waals surface area contributed by atoms with Gasteiger partial charge in [0.1, 0.15) is 5.76 Å². The first-order valence-electron chi connectivity index (χ1n) is 8.21. The maximum atomic E-state index is 12.9. The van der Waals surface area contributed by atoms with Crippen molar-refractivity contribution in [3.63, 3.8) is 0 Å². The van der Waals surface area contributed by atoms with Gasteiger partial charge in [0, 0.05) is 31.5 Å². The summed E-state index contributed by atoms with van der Waals surface area (Å²) in [4.78, 5) is 16.6. The maximum Gasteiger partial charge on any atom is 0.289 e. The molecule has 0 radical (unpaired) electrons. The number of likely N-dealkylation sites (N-methyl/N-ethyl adjacent to an activating group) is 1. The summed E-state index contributed by atoms with van der Waals surface area (Å²) in [6.07, 6.45) is 3.50. The Morgan fingerprint density at radius 2 is 2.08 bits per heavy atom. The van der Waals surface area contributed by atoms with Gasteiger partial charge < -0.3 is 9.32 Å². The van der Waals surface area contributed by atoms with E-state index in [9.17, 15) is 13.2 Å². The Bertz CT molecular complexity index is 874. The normalized spacial score (nSPS) is 25.9. The third-order valence-corrected chi connectivity index (χ3v) is 6.66. The molecule has 4 rings (SSSR count). The lowest BCUT2D eigenvalue weighted by atomic mass is 10.1. The average Bonchev–Trinajstić information content (AvgIpc) is 3.27. The predicted molar refractivity (Wildman–Crippen MR) is 89.9 cm³/mol. The molecule has 0 N–H and O–H groups in total. The van der Waals surface area contributed by atoms with E-state index in [1.54, 1.807) is 27.9 Å². The Morgan fingerprint density at radius 1 is 1.28 bits per heavy atom. The maximum absolute atomic E-state index is 12.9. The van der Waals surface area contributed by atoms with Crippen molar-refractivity contribution in [2.75, 3.05) is 31.6 Å². The zero-order valence-corrected chi connectivity index (χ0v) is 14.7. The van der Waals surface area contributed by atoms with Crippen molar-refractivity contribution < 1.29 is 17.6 Å². The molecule has 1 amide bonds. The molecule has 8 nitrogen and oxygen atoms in total. The number of carbonyl (C=O) groups is 1. The van der Waals surface area contributed by atoms with E-state index in [2.05, 4.69) is 5.10 Å². The Balaban J connectivity index is 1.53. The van der Waals surface area contributed by atoms with Crippen LogP contribution in [0.2, 0.25) is 0 Å². The molecular formula is C16H20N4O4S. The standard InChI is InChI=1S/C16H20N4O4S/c1-18-7-8-20(14-11-25(22,23)10-13(14)18)16(21)15-4-3-12(24-15)9-19-6-2-5-17-19/h2-6,13-14H,7-11H2,1H3/t13-,14+/m0/s1. The summed E-state index contributed by atoms with van der Waals surface area (Å²) in [5.74, 6) is 0.772. The molecule has 2 aromatic rings. The summed E-state index contributed by atoms with van der Waals surface area (Å²) in [7, 11) is -1.21. The second kappa shape index (κ2) is 5.99. The summed E-state index contributed by atoms with van der Waals surface area (Å²) < 4.78 is 31.5. The van der Waals surface area contributed by atoms with Gasteiger partial charge in [-0.3, -0.25) is 14.4 Å². The highest BCUT2D eigenvalue weighted by Crippen LogP contribution is 2.27. The number of nitrogens with zero attached hydrogens (tertiary/aromatic N) is 4. The molecule has 0 spiro atoms. The molecule has 0 aliphatic carbocycles. The van der Waals surface area contributed by atoms with Gasteiger partial charge in [-0.15, -0.1) is 0 Å². The van der Waals surface area contributed by atoms with Gasteiger partial charge in [0.15, 0.2) is 15.6 Å². The molecular weight excluding hydrogens is 344 g/mol. The highest BCUT2D eigenvalue weighted by molar-refractivity contribution is 7.91. The van der Waals surface area contributed by atoms with Crippen LogP contribution < -0.4 is 0 Å². The van der Waals surface area contributed by atoms with Crippen molar-refractivity contribution in [1.29, 1.82) is 0 Å². The average molecular weight is 364 g/mol. The monoisotopic (exact) mass is 364 g/mol. The van der Waals surface area contributed by atoms with Crippen molar-refractivity contribution >= 4 is 15.7 Å². The Hall–Kier alpha value is -2.13. The number of aromatic nitrogens is 2. The summed E-state index contributed by atoms with van der Waals surface area (Å²) in [5.41, 5.74) is 0. The van der Waals surface area contributed by atoms with E-state index in [4.69, 9.17) is 4.42 Å². The van der Waals surface area contributed by atoms with Crippen molar-refractivity contribution in [3.05, 3.63) is 42.1 Å². The summed E-state index contributed by atoms with van der Waals surface area (Å²) in [5, 5.41) is 4.11. The van der Waals surface area contributed by atoms with Crippen LogP contribution in [0.5, 0.6) is 0 Å². The van der Waals surface area contributed by atoms with Crippen LogP contribution >= 0.6 is 0 Å². The molecule has 2 atom stereocenters. The number of fused-ring (bicyclic) bond motifs is 1. The van der Waals surface area contributed by atoms with Gasteiger partial charge in [-0.25, -0.2) is 8.42 Å². The van der Waals surface area contributed by atoms with Crippen molar-refractivity contribution in [3.8, 4) is 0 Å². The van der Waals surface area contributed by atoms with E-state index < -0.39 is 9.84 Å². The number of hydrogen-bond acceptors (Lipinski definition) is 6. The highest BCUT2D eigenvalue weighted by atomic mass is 32.2. The summed E-state index contributed by atoms with van der Waals surface area (Å²) in [6.45, 7) is 1.61. The first-order valence-corrected chi connectivity index (χ1v) is 10.0. The quantitative estimate of drug-likeness (QED) is 0.766. The van der Waals surface area contributed by atoms with Crippen LogP contribution in [0.1, 0.15) is 16.3 Å². The van der Waals surface area contributed by atoms with E-state index in [0.717, 1.165) is 0 Å². The molecule has 25 heavy (non-hydrogen) atoms. The van der Waals surface area contributed by atoms with Crippen LogP contribution in [0.15, 0.2) is 35.0 Å². The molecule has 0 saturated carbocycles.